The second-order valence-electron chi connectivity index (χ2n) is 6.78. The van der Waals surface area contributed by atoms with Crippen LogP contribution < -0.4 is 10.1 Å². The minimum Gasteiger partial charge on any atom is -0.483 e. The molecule has 4 nitrogen and oxygen atoms in total. The molecule has 1 aliphatic heterocycles. The molecule has 1 heterocycles. The molecule has 2 aromatic rings. The van der Waals surface area contributed by atoms with Crippen molar-refractivity contribution in [3.05, 3.63) is 54.6 Å². The molecule has 1 saturated heterocycles. The van der Waals surface area contributed by atoms with Crippen LogP contribution in [0.25, 0.3) is 11.1 Å². The monoisotopic (exact) mass is 352 g/mol. The van der Waals surface area contributed by atoms with Crippen LogP contribution in [0.2, 0.25) is 0 Å². The number of nitrogens with zero attached hydrogens (tertiary/aromatic N) is 1. The van der Waals surface area contributed by atoms with Crippen molar-refractivity contribution in [2.24, 2.45) is 5.92 Å². The van der Waals surface area contributed by atoms with Crippen molar-refractivity contribution < 1.29 is 9.53 Å². The molecule has 0 aliphatic carbocycles. The number of nitrogens with one attached hydrogen (secondary N) is 1. The summed E-state index contributed by atoms with van der Waals surface area (Å²) in [5.41, 5.74) is 2.12. The third-order valence-electron chi connectivity index (χ3n) is 4.97. The van der Waals surface area contributed by atoms with Crippen molar-refractivity contribution in [1.82, 2.24) is 10.2 Å². The van der Waals surface area contributed by atoms with Crippen LogP contribution in [0.5, 0.6) is 5.75 Å². The molecule has 3 rings (SSSR count). The number of carbonyl (C=O) groups is 1. The maximum absolute atomic E-state index is 12.5. The van der Waals surface area contributed by atoms with E-state index in [1.54, 1.807) is 0 Å². The number of carbonyl (C=O) groups excluding carboxylic acids is 1. The molecule has 0 atom stereocenters. The van der Waals surface area contributed by atoms with E-state index in [-0.39, 0.29) is 12.5 Å². The molecule has 0 saturated carbocycles. The lowest BCUT2D eigenvalue weighted by Gasteiger charge is -2.32. The Bertz CT molecular complexity index is 694. The van der Waals surface area contributed by atoms with Crippen LogP contribution in [0.4, 0.5) is 0 Å². The minimum absolute atomic E-state index is 0.0785. The van der Waals surface area contributed by atoms with Crippen LogP contribution >= 0.6 is 0 Å². The summed E-state index contributed by atoms with van der Waals surface area (Å²) >= 11 is 0. The third-order valence-corrected chi connectivity index (χ3v) is 4.97. The van der Waals surface area contributed by atoms with Gasteiger partial charge in [-0.15, -0.1) is 0 Å². The fourth-order valence-corrected chi connectivity index (χ4v) is 3.41. The van der Waals surface area contributed by atoms with Gasteiger partial charge in [-0.05, 0) is 43.5 Å². The number of hydrogen-bond acceptors (Lipinski definition) is 3. The smallest absolute Gasteiger partial charge is 0.260 e. The molecule has 1 aliphatic rings. The highest BCUT2D eigenvalue weighted by Gasteiger charge is 2.22. The average Bonchev–Trinajstić information content (AvgIpc) is 2.71. The highest BCUT2D eigenvalue weighted by Crippen LogP contribution is 2.29. The van der Waals surface area contributed by atoms with Gasteiger partial charge in [-0.2, -0.15) is 0 Å². The lowest BCUT2D eigenvalue weighted by molar-refractivity contribution is -0.134. The molecule has 0 spiro atoms. The van der Waals surface area contributed by atoms with Crippen LogP contribution in [0.15, 0.2) is 54.6 Å². The number of amides is 1. The van der Waals surface area contributed by atoms with Gasteiger partial charge >= 0.3 is 0 Å². The van der Waals surface area contributed by atoms with Crippen LogP contribution in [0.1, 0.15) is 19.8 Å². The van der Waals surface area contributed by atoms with Gasteiger partial charge in [0.1, 0.15) is 5.75 Å². The number of likely N-dealkylation sites (tertiary alicyclic amines) is 1. The fourth-order valence-electron chi connectivity index (χ4n) is 3.41. The largest absolute Gasteiger partial charge is 0.483 e. The van der Waals surface area contributed by atoms with Gasteiger partial charge in [0.05, 0.1) is 0 Å². The Labute approximate surface area is 156 Å². The number of piperidine rings is 1. The Morgan fingerprint density at radius 1 is 1.08 bits per heavy atom. The van der Waals surface area contributed by atoms with Gasteiger partial charge in [-0.1, -0.05) is 55.5 Å². The number of ether oxygens (including phenoxy) is 1. The summed E-state index contributed by atoms with van der Waals surface area (Å²) < 4.78 is 5.89. The van der Waals surface area contributed by atoms with Gasteiger partial charge < -0.3 is 15.0 Å². The molecule has 2 aromatic carbocycles. The lowest BCUT2D eigenvalue weighted by atomic mass is 9.97. The summed E-state index contributed by atoms with van der Waals surface area (Å²) in [5.74, 6) is 1.52. The molecule has 0 unspecified atom stereocenters. The first-order chi connectivity index (χ1) is 12.8. The van der Waals surface area contributed by atoms with E-state index in [0.29, 0.717) is 5.92 Å². The normalized spacial score (nSPS) is 15.0. The first-order valence-corrected chi connectivity index (χ1v) is 9.53. The number of rotatable bonds is 7. The molecular formula is C22H28N2O2. The van der Waals surface area contributed by atoms with E-state index in [1.165, 1.54) is 0 Å². The van der Waals surface area contributed by atoms with Crippen LogP contribution in [-0.2, 0) is 4.79 Å². The molecule has 0 radical (unpaired) electrons. The van der Waals surface area contributed by atoms with Crippen molar-refractivity contribution in [3.63, 3.8) is 0 Å². The van der Waals surface area contributed by atoms with E-state index in [4.69, 9.17) is 4.74 Å². The molecule has 138 valence electrons. The number of hydrogen-bond donors (Lipinski definition) is 1. The second kappa shape index (κ2) is 9.39. The van der Waals surface area contributed by atoms with Gasteiger partial charge in [-0.25, -0.2) is 0 Å². The van der Waals surface area contributed by atoms with Gasteiger partial charge in [0.25, 0.3) is 5.91 Å². The standard InChI is InChI=1S/C22H28N2O2/c1-2-23-16-18-12-14-24(15-13-18)22(25)17-26-21-11-7-6-10-20(21)19-8-4-3-5-9-19/h3-11,18,23H,2,12-17H2,1H3. The van der Waals surface area contributed by atoms with Crippen molar-refractivity contribution >= 4 is 5.91 Å². The predicted octanol–water partition coefficient (Wildman–Crippen LogP) is 3.58. The molecule has 1 amide bonds. The van der Waals surface area contributed by atoms with Crippen LogP contribution in [-0.4, -0.2) is 43.6 Å². The zero-order valence-corrected chi connectivity index (χ0v) is 15.5. The Morgan fingerprint density at radius 3 is 2.50 bits per heavy atom. The van der Waals surface area contributed by atoms with E-state index >= 15 is 0 Å². The molecule has 0 aromatic heterocycles. The maximum Gasteiger partial charge on any atom is 0.260 e. The summed E-state index contributed by atoms with van der Waals surface area (Å²) in [6, 6.07) is 18.0. The summed E-state index contributed by atoms with van der Waals surface area (Å²) in [5, 5.41) is 3.40. The number of benzene rings is 2. The highest BCUT2D eigenvalue weighted by atomic mass is 16.5. The first kappa shape index (κ1) is 18.5. The third kappa shape index (κ3) is 4.85. The molecule has 0 bridgehead atoms. The molecule has 1 fully saturated rings. The number of para-hydroxylation sites is 1. The fraction of sp³-hybridized carbons (Fsp3) is 0.409. The van der Waals surface area contributed by atoms with Gasteiger partial charge in [0.15, 0.2) is 6.61 Å². The minimum atomic E-state index is 0.0785. The summed E-state index contributed by atoms with van der Waals surface area (Å²) in [6.07, 6.45) is 2.14. The molecule has 1 N–H and O–H groups in total. The van der Waals surface area contributed by atoms with Crippen LogP contribution in [0.3, 0.4) is 0 Å². The van der Waals surface area contributed by atoms with Gasteiger partial charge in [-0.3, -0.25) is 4.79 Å². The Kier molecular flexibility index (Phi) is 6.67. The van der Waals surface area contributed by atoms with Gasteiger partial charge in [0.2, 0.25) is 0 Å². The second-order valence-corrected chi connectivity index (χ2v) is 6.78. The molecule has 26 heavy (non-hydrogen) atoms. The summed E-state index contributed by atoms with van der Waals surface area (Å²) in [6.45, 7) is 5.95. The Hall–Kier alpha value is -2.33. The predicted molar refractivity (Wildman–Crippen MR) is 105 cm³/mol. The maximum atomic E-state index is 12.5. The van der Waals surface area contributed by atoms with E-state index in [0.717, 1.165) is 55.9 Å². The summed E-state index contributed by atoms with van der Waals surface area (Å²) in [4.78, 5) is 14.5. The first-order valence-electron chi connectivity index (χ1n) is 9.53. The molecular weight excluding hydrogens is 324 g/mol. The summed E-state index contributed by atoms with van der Waals surface area (Å²) in [7, 11) is 0. The van der Waals surface area contributed by atoms with Gasteiger partial charge in [0, 0.05) is 18.7 Å². The average molecular weight is 352 g/mol. The van der Waals surface area contributed by atoms with Crippen molar-refractivity contribution in [3.8, 4) is 16.9 Å². The topological polar surface area (TPSA) is 41.6 Å². The van der Waals surface area contributed by atoms with E-state index in [1.807, 2.05) is 47.4 Å². The van der Waals surface area contributed by atoms with Crippen molar-refractivity contribution in [1.29, 1.82) is 0 Å². The van der Waals surface area contributed by atoms with Crippen molar-refractivity contribution in [2.75, 3.05) is 32.8 Å². The van der Waals surface area contributed by atoms with E-state index in [9.17, 15) is 4.79 Å². The molecule has 4 heteroatoms. The van der Waals surface area contributed by atoms with Crippen LogP contribution in [0, 0.1) is 5.92 Å². The van der Waals surface area contributed by atoms with Crippen molar-refractivity contribution in [2.45, 2.75) is 19.8 Å². The zero-order chi connectivity index (χ0) is 18.2. The highest BCUT2D eigenvalue weighted by molar-refractivity contribution is 5.78. The Balaban J connectivity index is 1.54. The lowest BCUT2D eigenvalue weighted by Crippen LogP contribution is -2.42. The Morgan fingerprint density at radius 2 is 1.77 bits per heavy atom. The quantitative estimate of drug-likeness (QED) is 0.828. The zero-order valence-electron chi connectivity index (χ0n) is 15.5. The SMILES string of the molecule is CCNCC1CCN(C(=O)COc2ccccc2-c2ccccc2)CC1. The van der Waals surface area contributed by atoms with E-state index < -0.39 is 0 Å². The van der Waals surface area contributed by atoms with E-state index in [2.05, 4.69) is 24.4 Å².